The van der Waals surface area contributed by atoms with Crippen LogP contribution in [-0.4, -0.2) is 37.6 Å². The highest BCUT2D eigenvalue weighted by atomic mass is 16.5. The van der Waals surface area contributed by atoms with E-state index < -0.39 is 6.10 Å². The summed E-state index contributed by atoms with van der Waals surface area (Å²) in [6.07, 6.45) is 2.41. The number of rotatable bonds is 10. The Morgan fingerprint density at radius 2 is 1.95 bits per heavy atom. The third kappa shape index (κ3) is 7.15. The smallest absolute Gasteiger partial charge is 0.119 e. The van der Waals surface area contributed by atoms with Crippen molar-refractivity contribution in [2.24, 2.45) is 5.73 Å². The van der Waals surface area contributed by atoms with Crippen molar-refractivity contribution in [3.63, 3.8) is 0 Å². The summed E-state index contributed by atoms with van der Waals surface area (Å²) in [6.45, 7) is 4.03. The second-order valence-electron chi connectivity index (χ2n) is 4.58. The van der Waals surface area contributed by atoms with Crippen molar-refractivity contribution >= 4 is 0 Å². The van der Waals surface area contributed by atoms with E-state index in [-0.39, 0.29) is 6.61 Å². The fourth-order valence-corrected chi connectivity index (χ4v) is 1.63. The maximum absolute atomic E-state index is 9.68. The Labute approximate surface area is 115 Å². The summed E-state index contributed by atoms with van der Waals surface area (Å²) < 4.78 is 10.8. The topological polar surface area (TPSA) is 64.7 Å². The summed E-state index contributed by atoms with van der Waals surface area (Å²) in [4.78, 5) is 0. The molecular weight excluding hydrogens is 242 g/mol. The molecule has 108 valence electrons. The highest BCUT2D eigenvalue weighted by Crippen LogP contribution is 2.12. The number of aliphatic hydroxyl groups is 1. The zero-order valence-corrected chi connectivity index (χ0v) is 11.7. The van der Waals surface area contributed by atoms with E-state index in [1.165, 1.54) is 5.56 Å². The molecule has 0 aliphatic heterocycles. The van der Waals surface area contributed by atoms with Crippen molar-refractivity contribution in [1.82, 2.24) is 0 Å². The highest BCUT2D eigenvalue weighted by Gasteiger charge is 2.05. The van der Waals surface area contributed by atoms with Gasteiger partial charge < -0.3 is 20.3 Å². The van der Waals surface area contributed by atoms with E-state index >= 15 is 0 Å². The zero-order valence-electron chi connectivity index (χ0n) is 11.7. The van der Waals surface area contributed by atoms with Gasteiger partial charge in [0.15, 0.2) is 0 Å². The zero-order chi connectivity index (χ0) is 13.9. The quantitative estimate of drug-likeness (QED) is 0.634. The monoisotopic (exact) mass is 267 g/mol. The Morgan fingerprint density at radius 3 is 2.58 bits per heavy atom. The van der Waals surface area contributed by atoms with Gasteiger partial charge in [0.25, 0.3) is 0 Å². The number of unbranched alkanes of at least 4 members (excludes halogenated alkanes) is 1. The maximum atomic E-state index is 9.68. The normalized spacial score (nSPS) is 12.4. The Kier molecular flexibility index (Phi) is 8.21. The first-order valence-electron chi connectivity index (χ1n) is 6.94. The van der Waals surface area contributed by atoms with Crippen LogP contribution in [0.1, 0.15) is 25.3 Å². The van der Waals surface area contributed by atoms with Gasteiger partial charge in [-0.2, -0.15) is 0 Å². The SMILES string of the molecule is CCCCOCC(O)COc1ccc(CCN)cc1. The van der Waals surface area contributed by atoms with E-state index in [2.05, 4.69) is 6.92 Å². The summed E-state index contributed by atoms with van der Waals surface area (Å²) in [5.41, 5.74) is 6.68. The van der Waals surface area contributed by atoms with E-state index in [9.17, 15) is 5.11 Å². The van der Waals surface area contributed by atoms with Crippen LogP contribution in [0.3, 0.4) is 0 Å². The van der Waals surface area contributed by atoms with Crippen LogP contribution in [-0.2, 0) is 11.2 Å². The average Bonchev–Trinajstić information content (AvgIpc) is 2.43. The molecule has 0 aliphatic carbocycles. The van der Waals surface area contributed by atoms with Crippen LogP contribution in [0.25, 0.3) is 0 Å². The maximum Gasteiger partial charge on any atom is 0.119 e. The van der Waals surface area contributed by atoms with Crippen LogP contribution in [0, 0.1) is 0 Å². The fourth-order valence-electron chi connectivity index (χ4n) is 1.63. The average molecular weight is 267 g/mol. The van der Waals surface area contributed by atoms with Crippen LogP contribution >= 0.6 is 0 Å². The molecule has 0 amide bonds. The molecule has 0 aromatic heterocycles. The van der Waals surface area contributed by atoms with Gasteiger partial charge in [0.2, 0.25) is 0 Å². The minimum Gasteiger partial charge on any atom is -0.491 e. The van der Waals surface area contributed by atoms with E-state index in [0.29, 0.717) is 19.8 Å². The second-order valence-corrected chi connectivity index (χ2v) is 4.58. The van der Waals surface area contributed by atoms with Gasteiger partial charge in [-0.05, 0) is 37.1 Å². The molecule has 0 heterocycles. The molecule has 0 saturated heterocycles. The molecule has 0 fully saturated rings. The van der Waals surface area contributed by atoms with E-state index in [4.69, 9.17) is 15.2 Å². The third-order valence-corrected chi connectivity index (χ3v) is 2.75. The Morgan fingerprint density at radius 1 is 1.21 bits per heavy atom. The molecule has 19 heavy (non-hydrogen) atoms. The van der Waals surface area contributed by atoms with Gasteiger partial charge in [0.05, 0.1) is 6.61 Å². The van der Waals surface area contributed by atoms with Gasteiger partial charge in [0, 0.05) is 6.61 Å². The first-order chi connectivity index (χ1) is 9.26. The Bertz CT molecular complexity index is 327. The number of ether oxygens (including phenoxy) is 2. The molecular formula is C15H25NO3. The molecule has 1 rings (SSSR count). The lowest BCUT2D eigenvalue weighted by molar-refractivity contribution is 0.0113. The summed E-state index contributed by atoms with van der Waals surface area (Å²) in [5, 5.41) is 9.68. The lowest BCUT2D eigenvalue weighted by Crippen LogP contribution is -2.23. The van der Waals surface area contributed by atoms with Crippen LogP contribution in [0.2, 0.25) is 0 Å². The molecule has 1 aromatic carbocycles. The predicted molar refractivity (Wildman–Crippen MR) is 76.4 cm³/mol. The van der Waals surface area contributed by atoms with Crippen molar-refractivity contribution in [3.8, 4) is 5.75 Å². The molecule has 1 atom stereocenters. The molecule has 4 nitrogen and oxygen atoms in total. The van der Waals surface area contributed by atoms with E-state index in [1.54, 1.807) is 0 Å². The lowest BCUT2D eigenvalue weighted by atomic mass is 10.1. The molecule has 0 saturated carbocycles. The van der Waals surface area contributed by atoms with Crippen molar-refractivity contribution < 1.29 is 14.6 Å². The van der Waals surface area contributed by atoms with Gasteiger partial charge >= 0.3 is 0 Å². The molecule has 3 N–H and O–H groups in total. The number of nitrogens with two attached hydrogens (primary N) is 1. The predicted octanol–water partition coefficient (Wildman–Crippen LogP) is 1.74. The van der Waals surface area contributed by atoms with Crippen LogP contribution in [0.5, 0.6) is 5.75 Å². The molecule has 1 unspecified atom stereocenters. The van der Waals surface area contributed by atoms with E-state index in [1.807, 2.05) is 24.3 Å². The number of benzene rings is 1. The Hall–Kier alpha value is -1.10. The largest absolute Gasteiger partial charge is 0.491 e. The van der Waals surface area contributed by atoms with Gasteiger partial charge in [-0.15, -0.1) is 0 Å². The minimum atomic E-state index is -0.583. The number of hydrogen-bond donors (Lipinski definition) is 2. The Balaban J connectivity index is 2.20. The lowest BCUT2D eigenvalue weighted by Gasteiger charge is -2.13. The molecule has 0 aliphatic rings. The minimum absolute atomic E-state index is 0.252. The standard InChI is InChI=1S/C15H25NO3/c1-2-3-10-18-11-14(17)12-19-15-6-4-13(5-7-15)8-9-16/h4-7,14,17H,2-3,8-12,16H2,1H3. The summed E-state index contributed by atoms with van der Waals surface area (Å²) in [7, 11) is 0. The third-order valence-electron chi connectivity index (χ3n) is 2.75. The molecule has 0 radical (unpaired) electrons. The number of hydrogen-bond acceptors (Lipinski definition) is 4. The summed E-state index contributed by atoms with van der Waals surface area (Å²) in [5.74, 6) is 0.758. The van der Waals surface area contributed by atoms with Crippen molar-refractivity contribution in [2.75, 3.05) is 26.4 Å². The van der Waals surface area contributed by atoms with Crippen LogP contribution in [0.4, 0.5) is 0 Å². The van der Waals surface area contributed by atoms with E-state index in [0.717, 1.165) is 25.0 Å². The number of aliphatic hydroxyl groups excluding tert-OH is 1. The van der Waals surface area contributed by atoms with Crippen molar-refractivity contribution in [2.45, 2.75) is 32.3 Å². The van der Waals surface area contributed by atoms with Crippen LogP contribution < -0.4 is 10.5 Å². The highest BCUT2D eigenvalue weighted by molar-refractivity contribution is 5.27. The summed E-state index contributed by atoms with van der Waals surface area (Å²) in [6, 6.07) is 7.78. The van der Waals surface area contributed by atoms with Crippen LogP contribution in [0.15, 0.2) is 24.3 Å². The molecule has 1 aromatic rings. The van der Waals surface area contributed by atoms with Gasteiger partial charge in [-0.25, -0.2) is 0 Å². The van der Waals surface area contributed by atoms with Gasteiger partial charge in [0.1, 0.15) is 18.5 Å². The summed E-state index contributed by atoms with van der Waals surface area (Å²) >= 11 is 0. The second kappa shape index (κ2) is 9.78. The van der Waals surface area contributed by atoms with Crippen molar-refractivity contribution in [3.05, 3.63) is 29.8 Å². The van der Waals surface area contributed by atoms with Crippen molar-refractivity contribution in [1.29, 1.82) is 0 Å². The molecule has 0 spiro atoms. The fraction of sp³-hybridized carbons (Fsp3) is 0.600. The first-order valence-corrected chi connectivity index (χ1v) is 6.94. The molecule has 0 bridgehead atoms. The van der Waals surface area contributed by atoms with Gasteiger partial charge in [-0.1, -0.05) is 25.5 Å². The first kappa shape index (κ1) is 16.0. The molecule has 4 heteroatoms. The van der Waals surface area contributed by atoms with Gasteiger partial charge in [-0.3, -0.25) is 0 Å².